The highest BCUT2D eigenvalue weighted by atomic mass is 32.2. The summed E-state index contributed by atoms with van der Waals surface area (Å²) in [7, 11) is -2.18. The van der Waals surface area contributed by atoms with E-state index >= 15 is 0 Å². The summed E-state index contributed by atoms with van der Waals surface area (Å²) in [6.45, 7) is 13.1. The Balaban J connectivity index is 1.78. The third kappa shape index (κ3) is 6.63. The Morgan fingerprint density at radius 1 is 1.23 bits per heavy atom. The normalized spacial score (nSPS) is 22.4. The summed E-state index contributed by atoms with van der Waals surface area (Å²) < 4.78 is 58.4. The van der Waals surface area contributed by atoms with Gasteiger partial charge in [0.15, 0.2) is 5.79 Å². The lowest BCUT2D eigenvalue weighted by molar-refractivity contribution is -0.303. The molecule has 3 atom stereocenters. The maximum atomic E-state index is 14.7. The summed E-state index contributed by atoms with van der Waals surface area (Å²) in [6, 6.07) is 4.55. The van der Waals surface area contributed by atoms with Crippen LogP contribution in [0.1, 0.15) is 90.0 Å². The first kappa shape index (κ1) is 30.3. The van der Waals surface area contributed by atoms with E-state index in [9.17, 15) is 17.6 Å². The van der Waals surface area contributed by atoms with Gasteiger partial charge in [-0.15, -0.1) is 0 Å². The van der Waals surface area contributed by atoms with Gasteiger partial charge in [0.2, 0.25) is 16.0 Å². The van der Waals surface area contributed by atoms with E-state index in [1.165, 1.54) is 19.2 Å². The van der Waals surface area contributed by atoms with Gasteiger partial charge in [-0.2, -0.15) is 0 Å². The minimum Gasteiger partial charge on any atom is -0.460 e. The van der Waals surface area contributed by atoms with Crippen molar-refractivity contribution in [3.63, 3.8) is 0 Å². The van der Waals surface area contributed by atoms with Gasteiger partial charge < -0.3 is 14.2 Å². The van der Waals surface area contributed by atoms with E-state index in [0.717, 1.165) is 21.8 Å². The molecule has 1 saturated heterocycles. The molecule has 11 heteroatoms. The fraction of sp³-hybridized carbons (Fsp3) is 0.621. The van der Waals surface area contributed by atoms with Gasteiger partial charge in [0, 0.05) is 30.5 Å². The zero-order valence-corrected chi connectivity index (χ0v) is 25.6. The van der Waals surface area contributed by atoms with Crippen molar-refractivity contribution < 1.29 is 31.8 Å². The van der Waals surface area contributed by atoms with E-state index in [1.807, 2.05) is 34.6 Å². The van der Waals surface area contributed by atoms with Crippen molar-refractivity contribution in [1.29, 1.82) is 0 Å². The number of hydrogen-bond donors (Lipinski definition) is 0. The number of esters is 1. The van der Waals surface area contributed by atoms with Crippen LogP contribution in [0.2, 0.25) is 0 Å². The third-order valence-electron chi connectivity index (χ3n) is 7.09. The Hall–Kier alpha value is -2.63. The van der Waals surface area contributed by atoms with Crippen LogP contribution in [0.15, 0.2) is 18.2 Å². The lowest BCUT2D eigenvalue weighted by Crippen LogP contribution is -2.48. The second-order valence-corrected chi connectivity index (χ2v) is 14.5. The minimum atomic E-state index is -3.60. The minimum absolute atomic E-state index is 0.0296. The zero-order chi connectivity index (χ0) is 29.8. The van der Waals surface area contributed by atoms with Crippen molar-refractivity contribution in [2.75, 3.05) is 17.6 Å². The highest BCUT2D eigenvalue weighted by Gasteiger charge is 2.43. The molecule has 4 rings (SSSR count). The fourth-order valence-corrected chi connectivity index (χ4v) is 5.87. The summed E-state index contributed by atoms with van der Waals surface area (Å²) >= 11 is 0. The number of fused-ring (bicyclic) bond motifs is 3. The van der Waals surface area contributed by atoms with Crippen LogP contribution in [-0.4, -0.2) is 61.3 Å². The summed E-state index contributed by atoms with van der Waals surface area (Å²) in [4.78, 5) is 22.0. The molecule has 0 spiro atoms. The number of benzene rings is 1. The fourth-order valence-electron chi connectivity index (χ4n) is 5.49. The molecule has 1 fully saturated rings. The van der Waals surface area contributed by atoms with Gasteiger partial charge in [-0.05, 0) is 70.7 Å². The molecule has 0 bridgehead atoms. The van der Waals surface area contributed by atoms with Gasteiger partial charge in [0.25, 0.3) is 0 Å². The van der Waals surface area contributed by atoms with Crippen LogP contribution in [0.5, 0.6) is 0 Å². The Kier molecular flexibility index (Phi) is 8.07. The average molecular weight is 578 g/mol. The molecule has 0 unspecified atom stereocenters. The van der Waals surface area contributed by atoms with Crippen LogP contribution in [0.4, 0.5) is 10.3 Å². The molecular weight excluding hydrogens is 537 g/mol. The standard InChI is InChI=1S/C29H40FN3O6S/c1-16(2)25-22-15-21(23-13-18(37-29(6,7)38-23)14-24(34)39-28(3,4)5)20-12-17(30)10-11-19(20)26(22)32-27(31-25)33(8)40(9,35)36/h10-12,16,18,21,23H,13-15H2,1-9H3/t18-,21+,23+/m1/s1. The largest absolute Gasteiger partial charge is 0.460 e. The molecule has 2 aliphatic rings. The maximum Gasteiger partial charge on any atom is 0.308 e. The number of hydrogen-bond acceptors (Lipinski definition) is 8. The molecule has 1 aromatic carbocycles. The molecule has 1 aliphatic heterocycles. The smallest absolute Gasteiger partial charge is 0.308 e. The molecular formula is C29H40FN3O6S. The topological polar surface area (TPSA) is 108 Å². The molecule has 0 N–H and O–H groups in total. The molecule has 220 valence electrons. The second-order valence-electron chi connectivity index (χ2n) is 12.5. The van der Waals surface area contributed by atoms with Crippen molar-refractivity contribution in [3.05, 3.63) is 40.8 Å². The molecule has 9 nitrogen and oxygen atoms in total. The van der Waals surface area contributed by atoms with Crippen molar-refractivity contribution in [2.45, 2.75) is 103 Å². The van der Waals surface area contributed by atoms with E-state index in [4.69, 9.17) is 14.2 Å². The number of sulfonamides is 1. The molecule has 40 heavy (non-hydrogen) atoms. The van der Waals surface area contributed by atoms with Crippen molar-refractivity contribution >= 4 is 21.9 Å². The van der Waals surface area contributed by atoms with E-state index in [2.05, 4.69) is 9.97 Å². The first-order valence-electron chi connectivity index (χ1n) is 13.6. The number of rotatable bonds is 6. The molecule has 0 saturated carbocycles. The molecule has 2 aromatic rings. The summed E-state index contributed by atoms with van der Waals surface area (Å²) in [6.07, 6.45) is 1.19. The number of ether oxygens (including phenoxy) is 3. The SMILES string of the molecule is CC(C)c1nc(N(C)S(C)(=O)=O)nc2c1C[C@H]([C@@H]1C[C@H](CC(=O)OC(C)(C)C)OC(C)(C)O1)c1cc(F)ccc1-2. The number of anilines is 1. The van der Waals surface area contributed by atoms with Crippen LogP contribution >= 0.6 is 0 Å². The predicted molar refractivity (Wildman–Crippen MR) is 150 cm³/mol. The first-order valence-corrected chi connectivity index (χ1v) is 15.4. The number of nitrogens with zero attached hydrogens (tertiary/aromatic N) is 3. The Morgan fingerprint density at radius 2 is 1.90 bits per heavy atom. The number of carbonyl (C=O) groups excluding carboxylic acids is 1. The van der Waals surface area contributed by atoms with Gasteiger partial charge >= 0.3 is 5.97 Å². The van der Waals surface area contributed by atoms with Gasteiger partial charge in [0.05, 0.1) is 36.3 Å². The Bertz CT molecular complexity index is 1400. The summed E-state index contributed by atoms with van der Waals surface area (Å²) in [5.41, 5.74) is 3.00. The Labute approximate surface area is 236 Å². The van der Waals surface area contributed by atoms with E-state index in [0.29, 0.717) is 29.7 Å². The number of carbonyl (C=O) groups is 1. The van der Waals surface area contributed by atoms with Crippen LogP contribution in [0.3, 0.4) is 0 Å². The van der Waals surface area contributed by atoms with E-state index in [-0.39, 0.29) is 30.2 Å². The van der Waals surface area contributed by atoms with Crippen LogP contribution < -0.4 is 4.31 Å². The molecule has 0 amide bonds. The van der Waals surface area contributed by atoms with Crippen molar-refractivity contribution in [1.82, 2.24) is 9.97 Å². The predicted octanol–water partition coefficient (Wildman–Crippen LogP) is 5.08. The third-order valence-corrected chi connectivity index (χ3v) is 8.25. The Morgan fingerprint density at radius 3 is 2.50 bits per heavy atom. The molecule has 0 radical (unpaired) electrons. The van der Waals surface area contributed by atoms with Crippen LogP contribution in [-0.2, 0) is 35.4 Å². The summed E-state index contributed by atoms with van der Waals surface area (Å²) in [5.74, 6) is -1.97. The van der Waals surface area contributed by atoms with Crippen LogP contribution in [0.25, 0.3) is 11.3 Å². The van der Waals surface area contributed by atoms with Gasteiger partial charge in [0.1, 0.15) is 11.4 Å². The van der Waals surface area contributed by atoms with Gasteiger partial charge in [-0.1, -0.05) is 13.8 Å². The second kappa shape index (κ2) is 10.6. The highest BCUT2D eigenvalue weighted by molar-refractivity contribution is 7.92. The zero-order valence-electron chi connectivity index (χ0n) is 24.7. The number of halogens is 1. The average Bonchev–Trinajstić information content (AvgIpc) is 2.79. The van der Waals surface area contributed by atoms with Crippen LogP contribution in [0, 0.1) is 5.82 Å². The quantitative estimate of drug-likeness (QED) is 0.437. The highest BCUT2D eigenvalue weighted by Crippen LogP contribution is 2.47. The first-order chi connectivity index (χ1) is 18.3. The van der Waals surface area contributed by atoms with Crippen molar-refractivity contribution in [2.24, 2.45) is 0 Å². The summed E-state index contributed by atoms with van der Waals surface area (Å²) in [5, 5.41) is 0. The van der Waals surface area contributed by atoms with Gasteiger partial charge in [-0.25, -0.2) is 27.1 Å². The molecule has 2 heterocycles. The molecule has 1 aliphatic carbocycles. The lowest BCUT2D eigenvalue weighted by Gasteiger charge is -2.45. The maximum absolute atomic E-state index is 14.7. The number of aromatic nitrogens is 2. The van der Waals surface area contributed by atoms with E-state index < -0.39 is 39.4 Å². The lowest BCUT2D eigenvalue weighted by atomic mass is 9.75. The van der Waals surface area contributed by atoms with Crippen molar-refractivity contribution in [3.8, 4) is 11.3 Å². The van der Waals surface area contributed by atoms with Gasteiger partial charge in [-0.3, -0.25) is 4.79 Å². The van der Waals surface area contributed by atoms with E-state index in [1.54, 1.807) is 19.9 Å². The monoisotopic (exact) mass is 577 g/mol. The molecule has 1 aromatic heterocycles.